The molecule has 2 aromatic rings. The Morgan fingerprint density at radius 1 is 0.926 bits per heavy atom. The smallest absolute Gasteiger partial charge is 0.242 e. The van der Waals surface area contributed by atoms with E-state index in [-0.39, 0.29) is 24.8 Å². The van der Waals surface area contributed by atoms with Crippen LogP contribution in [0.3, 0.4) is 0 Å². The molecule has 4 rings (SSSR count). The SMILES string of the molecule is O=C(CN1C(=O)CCOc2ccccc21)N1CCN(c2ccccc2)CC1. The molecule has 6 nitrogen and oxygen atoms in total. The molecule has 0 aromatic heterocycles. The first-order valence-electron chi connectivity index (χ1n) is 9.32. The van der Waals surface area contributed by atoms with Crippen LogP contribution in [-0.2, 0) is 9.59 Å². The van der Waals surface area contributed by atoms with Gasteiger partial charge in [0, 0.05) is 31.9 Å². The molecule has 2 aliphatic heterocycles. The molecule has 0 atom stereocenters. The molecule has 0 unspecified atom stereocenters. The number of hydrogen-bond donors (Lipinski definition) is 0. The molecular formula is C21H23N3O3. The Hall–Kier alpha value is -3.02. The van der Waals surface area contributed by atoms with Gasteiger partial charge in [0.1, 0.15) is 12.3 Å². The lowest BCUT2D eigenvalue weighted by molar-refractivity contribution is -0.131. The lowest BCUT2D eigenvalue weighted by Gasteiger charge is -2.37. The highest BCUT2D eigenvalue weighted by Crippen LogP contribution is 2.31. The van der Waals surface area contributed by atoms with Gasteiger partial charge in [-0.25, -0.2) is 0 Å². The van der Waals surface area contributed by atoms with E-state index in [1.807, 2.05) is 47.4 Å². The topological polar surface area (TPSA) is 53.1 Å². The van der Waals surface area contributed by atoms with Gasteiger partial charge < -0.3 is 14.5 Å². The molecule has 2 aliphatic rings. The molecule has 1 fully saturated rings. The van der Waals surface area contributed by atoms with Crippen LogP contribution in [0.5, 0.6) is 5.75 Å². The van der Waals surface area contributed by atoms with Gasteiger partial charge in [-0.1, -0.05) is 30.3 Å². The van der Waals surface area contributed by atoms with Crippen LogP contribution in [-0.4, -0.2) is 56.0 Å². The summed E-state index contributed by atoms with van der Waals surface area (Å²) < 4.78 is 5.65. The Kier molecular flexibility index (Phi) is 4.96. The molecule has 1 saturated heterocycles. The highest BCUT2D eigenvalue weighted by atomic mass is 16.5. The van der Waals surface area contributed by atoms with E-state index < -0.39 is 0 Å². The minimum absolute atomic E-state index is 0.0206. The Balaban J connectivity index is 1.42. The van der Waals surface area contributed by atoms with Gasteiger partial charge in [0.25, 0.3) is 0 Å². The van der Waals surface area contributed by atoms with Gasteiger partial charge in [0.2, 0.25) is 11.8 Å². The molecule has 0 saturated carbocycles. The third-order valence-electron chi connectivity index (χ3n) is 5.08. The third kappa shape index (κ3) is 3.74. The van der Waals surface area contributed by atoms with Crippen molar-refractivity contribution in [2.24, 2.45) is 0 Å². The molecule has 0 radical (unpaired) electrons. The predicted molar refractivity (Wildman–Crippen MR) is 104 cm³/mol. The van der Waals surface area contributed by atoms with Gasteiger partial charge in [-0.05, 0) is 24.3 Å². The zero-order valence-corrected chi connectivity index (χ0v) is 15.2. The van der Waals surface area contributed by atoms with Gasteiger partial charge in [-0.3, -0.25) is 14.5 Å². The first-order valence-corrected chi connectivity index (χ1v) is 9.32. The van der Waals surface area contributed by atoms with Crippen molar-refractivity contribution in [2.75, 3.05) is 49.1 Å². The molecule has 2 heterocycles. The summed E-state index contributed by atoms with van der Waals surface area (Å²) >= 11 is 0. The second-order valence-corrected chi connectivity index (χ2v) is 6.75. The van der Waals surface area contributed by atoms with Crippen LogP contribution in [0.4, 0.5) is 11.4 Å². The van der Waals surface area contributed by atoms with E-state index in [1.165, 1.54) is 5.69 Å². The summed E-state index contributed by atoms with van der Waals surface area (Å²) in [5.74, 6) is 0.564. The molecule has 2 aromatic carbocycles. The number of carbonyl (C=O) groups is 2. The Labute approximate surface area is 158 Å². The summed E-state index contributed by atoms with van der Waals surface area (Å²) in [6.07, 6.45) is 0.281. The molecule has 0 spiro atoms. The third-order valence-corrected chi connectivity index (χ3v) is 5.08. The lowest BCUT2D eigenvalue weighted by Crippen LogP contribution is -2.52. The van der Waals surface area contributed by atoms with Crippen LogP contribution < -0.4 is 14.5 Å². The van der Waals surface area contributed by atoms with Gasteiger partial charge in [-0.15, -0.1) is 0 Å². The molecule has 0 aliphatic carbocycles. The summed E-state index contributed by atoms with van der Waals surface area (Å²) in [6.45, 7) is 3.31. The Morgan fingerprint density at radius 3 is 2.41 bits per heavy atom. The van der Waals surface area contributed by atoms with Gasteiger partial charge in [-0.2, -0.15) is 0 Å². The fourth-order valence-corrected chi connectivity index (χ4v) is 3.58. The van der Waals surface area contributed by atoms with E-state index in [4.69, 9.17) is 4.74 Å². The minimum atomic E-state index is -0.0729. The predicted octanol–water partition coefficient (Wildman–Crippen LogP) is 2.15. The van der Waals surface area contributed by atoms with Gasteiger partial charge in [0.15, 0.2) is 0 Å². The normalized spacial score (nSPS) is 17.2. The number of para-hydroxylation sites is 3. The number of rotatable bonds is 3. The van der Waals surface area contributed by atoms with Crippen LogP contribution in [0, 0.1) is 0 Å². The van der Waals surface area contributed by atoms with Gasteiger partial charge in [0.05, 0.1) is 18.7 Å². The highest BCUT2D eigenvalue weighted by Gasteiger charge is 2.28. The van der Waals surface area contributed by atoms with Crippen molar-refractivity contribution in [3.8, 4) is 5.75 Å². The van der Waals surface area contributed by atoms with E-state index in [0.717, 1.165) is 13.1 Å². The minimum Gasteiger partial charge on any atom is -0.491 e. The summed E-state index contributed by atoms with van der Waals surface area (Å²) in [4.78, 5) is 31.0. The van der Waals surface area contributed by atoms with Crippen molar-refractivity contribution in [2.45, 2.75) is 6.42 Å². The van der Waals surface area contributed by atoms with Crippen molar-refractivity contribution in [1.82, 2.24) is 4.90 Å². The molecule has 2 amide bonds. The molecule has 6 heteroatoms. The van der Waals surface area contributed by atoms with E-state index in [2.05, 4.69) is 17.0 Å². The molecule has 0 bridgehead atoms. The van der Waals surface area contributed by atoms with Crippen LogP contribution in [0.1, 0.15) is 6.42 Å². The van der Waals surface area contributed by atoms with E-state index in [9.17, 15) is 9.59 Å². The van der Waals surface area contributed by atoms with E-state index in [0.29, 0.717) is 31.1 Å². The molecular weight excluding hydrogens is 342 g/mol. The van der Waals surface area contributed by atoms with Gasteiger partial charge >= 0.3 is 0 Å². The zero-order chi connectivity index (χ0) is 18.6. The summed E-state index contributed by atoms with van der Waals surface area (Å²) in [5.41, 5.74) is 1.86. The lowest BCUT2D eigenvalue weighted by atomic mass is 10.2. The average Bonchev–Trinajstić information content (AvgIpc) is 2.88. The van der Waals surface area contributed by atoms with E-state index >= 15 is 0 Å². The van der Waals surface area contributed by atoms with Crippen LogP contribution in [0.2, 0.25) is 0 Å². The fourth-order valence-electron chi connectivity index (χ4n) is 3.58. The maximum Gasteiger partial charge on any atom is 0.242 e. The maximum absolute atomic E-state index is 12.8. The monoisotopic (exact) mass is 365 g/mol. The first kappa shape index (κ1) is 17.4. The molecule has 140 valence electrons. The second-order valence-electron chi connectivity index (χ2n) is 6.75. The maximum atomic E-state index is 12.8. The van der Waals surface area contributed by atoms with Crippen LogP contribution in [0.25, 0.3) is 0 Å². The molecule has 27 heavy (non-hydrogen) atoms. The van der Waals surface area contributed by atoms with Crippen LogP contribution in [0.15, 0.2) is 54.6 Å². The number of hydrogen-bond acceptors (Lipinski definition) is 4. The van der Waals surface area contributed by atoms with Crippen molar-refractivity contribution in [1.29, 1.82) is 0 Å². The number of ether oxygens (including phenoxy) is 1. The highest BCUT2D eigenvalue weighted by molar-refractivity contribution is 6.00. The van der Waals surface area contributed by atoms with Crippen molar-refractivity contribution in [3.05, 3.63) is 54.6 Å². The second kappa shape index (κ2) is 7.70. The van der Waals surface area contributed by atoms with Crippen molar-refractivity contribution in [3.63, 3.8) is 0 Å². The molecule has 0 N–H and O–H groups in total. The quantitative estimate of drug-likeness (QED) is 0.836. The number of anilines is 2. The van der Waals surface area contributed by atoms with Crippen molar-refractivity contribution < 1.29 is 14.3 Å². The first-order chi connectivity index (χ1) is 13.2. The largest absolute Gasteiger partial charge is 0.491 e. The van der Waals surface area contributed by atoms with Crippen molar-refractivity contribution >= 4 is 23.2 Å². The Morgan fingerprint density at radius 2 is 1.63 bits per heavy atom. The summed E-state index contributed by atoms with van der Waals surface area (Å²) in [5, 5.41) is 0. The average molecular weight is 365 g/mol. The van der Waals surface area contributed by atoms with E-state index in [1.54, 1.807) is 4.90 Å². The van der Waals surface area contributed by atoms with Crippen LogP contribution >= 0.6 is 0 Å². The Bertz CT molecular complexity index is 816. The zero-order valence-electron chi connectivity index (χ0n) is 15.2. The number of benzene rings is 2. The summed E-state index contributed by atoms with van der Waals surface area (Å²) in [7, 11) is 0. The fraction of sp³-hybridized carbons (Fsp3) is 0.333. The number of fused-ring (bicyclic) bond motifs is 1. The number of carbonyl (C=O) groups excluding carboxylic acids is 2. The summed E-state index contributed by atoms with van der Waals surface area (Å²) in [6, 6.07) is 17.6. The number of amides is 2. The number of piperazine rings is 1. The number of nitrogens with zero attached hydrogens (tertiary/aromatic N) is 3. The standard InChI is InChI=1S/C21H23N3O3/c25-20-10-15-27-19-9-5-4-8-18(19)24(20)16-21(26)23-13-11-22(12-14-23)17-6-2-1-3-7-17/h1-9H,10-16H2.